The fourth-order valence-electron chi connectivity index (χ4n) is 2.13. The second-order valence-corrected chi connectivity index (χ2v) is 5.63. The number of thioether (sulfide) groups is 1. The minimum Gasteiger partial charge on any atom is -0.497 e. The Hall–Kier alpha value is -1.53. The second kappa shape index (κ2) is 6.28. The van der Waals surface area contributed by atoms with E-state index in [0.717, 1.165) is 47.5 Å². The Morgan fingerprint density at radius 1 is 1.40 bits per heavy atom. The van der Waals surface area contributed by atoms with E-state index in [4.69, 9.17) is 9.47 Å². The molecule has 2 aromatic rings. The zero-order valence-electron chi connectivity index (χ0n) is 11.3. The van der Waals surface area contributed by atoms with Gasteiger partial charge in [0.25, 0.3) is 0 Å². The average Bonchev–Trinajstić information content (AvgIpc) is 3.17. The topological polar surface area (TPSA) is 60.0 Å². The zero-order valence-corrected chi connectivity index (χ0v) is 12.2. The van der Waals surface area contributed by atoms with Crippen molar-refractivity contribution in [3.8, 4) is 17.1 Å². The summed E-state index contributed by atoms with van der Waals surface area (Å²) in [5.41, 5.74) is 1.00. The summed E-state index contributed by atoms with van der Waals surface area (Å²) < 4.78 is 10.7. The van der Waals surface area contributed by atoms with Gasteiger partial charge in [-0.05, 0) is 37.1 Å². The fourth-order valence-corrected chi connectivity index (χ4v) is 3.00. The summed E-state index contributed by atoms with van der Waals surface area (Å²) in [4.78, 5) is 4.50. The van der Waals surface area contributed by atoms with E-state index in [2.05, 4.69) is 15.2 Å². The van der Waals surface area contributed by atoms with Crippen LogP contribution in [0.15, 0.2) is 29.4 Å². The number of H-pyrrole nitrogens is 1. The summed E-state index contributed by atoms with van der Waals surface area (Å²) in [7, 11) is 1.66. The lowest BCUT2D eigenvalue weighted by Crippen LogP contribution is -2.07. The van der Waals surface area contributed by atoms with Crippen molar-refractivity contribution in [1.29, 1.82) is 0 Å². The Labute approximate surface area is 122 Å². The number of ether oxygens (including phenoxy) is 2. The van der Waals surface area contributed by atoms with Gasteiger partial charge < -0.3 is 9.47 Å². The van der Waals surface area contributed by atoms with Gasteiger partial charge in [-0.3, -0.25) is 5.10 Å². The Bertz CT molecular complexity index is 550. The van der Waals surface area contributed by atoms with Gasteiger partial charge in [-0.15, -0.1) is 5.10 Å². The van der Waals surface area contributed by atoms with Crippen LogP contribution < -0.4 is 4.74 Å². The smallest absolute Gasteiger partial charge is 0.208 e. The first kappa shape index (κ1) is 13.5. The lowest BCUT2D eigenvalue weighted by molar-refractivity contribution is 0.129. The molecule has 20 heavy (non-hydrogen) atoms. The first-order chi connectivity index (χ1) is 9.85. The van der Waals surface area contributed by atoms with Crippen molar-refractivity contribution in [1.82, 2.24) is 15.2 Å². The van der Waals surface area contributed by atoms with Crippen LogP contribution in [0.4, 0.5) is 0 Å². The van der Waals surface area contributed by atoms with Crippen molar-refractivity contribution < 1.29 is 9.47 Å². The number of nitrogens with zero attached hydrogens (tertiary/aromatic N) is 2. The highest BCUT2D eigenvalue weighted by molar-refractivity contribution is 7.99. The van der Waals surface area contributed by atoms with E-state index >= 15 is 0 Å². The summed E-state index contributed by atoms with van der Waals surface area (Å²) in [6, 6.07) is 7.76. The number of benzene rings is 1. The largest absolute Gasteiger partial charge is 0.497 e. The molecule has 6 heteroatoms. The Morgan fingerprint density at radius 2 is 2.25 bits per heavy atom. The molecule has 1 aliphatic heterocycles. The van der Waals surface area contributed by atoms with Gasteiger partial charge in [-0.25, -0.2) is 4.98 Å². The summed E-state index contributed by atoms with van der Waals surface area (Å²) >= 11 is 1.64. The lowest BCUT2D eigenvalue weighted by Gasteiger charge is -2.05. The summed E-state index contributed by atoms with van der Waals surface area (Å²) in [6.45, 7) is 0.885. The van der Waals surface area contributed by atoms with Crippen molar-refractivity contribution in [2.75, 3.05) is 19.5 Å². The van der Waals surface area contributed by atoms with E-state index in [9.17, 15) is 0 Å². The highest BCUT2D eigenvalue weighted by Crippen LogP contribution is 2.24. The van der Waals surface area contributed by atoms with E-state index in [1.165, 1.54) is 0 Å². The maximum absolute atomic E-state index is 5.59. The van der Waals surface area contributed by atoms with Gasteiger partial charge in [0.05, 0.1) is 13.2 Å². The van der Waals surface area contributed by atoms with Crippen molar-refractivity contribution in [2.24, 2.45) is 0 Å². The molecule has 0 aliphatic carbocycles. The average molecular weight is 291 g/mol. The Morgan fingerprint density at radius 3 is 2.95 bits per heavy atom. The summed E-state index contributed by atoms with van der Waals surface area (Å²) in [6.07, 6.45) is 2.65. The van der Waals surface area contributed by atoms with Crippen LogP contribution in [-0.2, 0) is 4.74 Å². The maximum atomic E-state index is 5.59. The van der Waals surface area contributed by atoms with E-state index in [1.807, 2.05) is 24.3 Å². The van der Waals surface area contributed by atoms with E-state index < -0.39 is 0 Å². The number of methoxy groups -OCH3 is 1. The van der Waals surface area contributed by atoms with Crippen LogP contribution >= 0.6 is 11.8 Å². The summed E-state index contributed by atoms with van der Waals surface area (Å²) in [5, 5.41) is 7.98. The number of rotatable bonds is 5. The van der Waals surface area contributed by atoms with Gasteiger partial charge in [0.2, 0.25) is 5.16 Å². The number of hydrogen-bond acceptors (Lipinski definition) is 5. The molecule has 1 aliphatic rings. The first-order valence-corrected chi connectivity index (χ1v) is 7.65. The molecule has 2 heterocycles. The van der Waals surface area contributed by atoms with Gasteiger partial charge in [0, 0.05) is 17.9 Å². The molecule has 0 bridgehead atoms. The summed E-state index contributed by atoms with van der Waals surface area (Å²) in [5.74, 6) is 2.53. The van der Waals surface area contributed by atoms with Gasteiger partial charge >= 0.3 is 0 Å². The molecule has 0 spiro atoms. The number of hydrogen-bond donors (Lipinski definition) is 1. The fraction of sp³-hybridized carbons (Fsp3) is 0.429. The third-order valence-electron chi connectivity index (χ3n) is 3.25. The molecule has 0 saturated carbocycles. The highest BCUT2D eigenvalue weighted by atomic mass is 32.2. The van der Waals surface area contributed by atoms with Crippen molar-refractivity contribution >= 4 is 11.8 Å². The Kier molecular flexibility index (Phi) is 4.22. The molecule has 1 aromatic carbocycles. The molecule has 1 fully saturated rings. The predicted molar refractivity (Wildman–Crippen MR) is 78.1 cm³/mol. The molecule has 1 saturated heterocycles. The highest BCUT2D eigenvalue weighted by Gasteiger charge is 2.16. The van der Waals surface area contributed by atoms with Crippen LogP contribution in [0.3, 0.4) is 0 Å². The van der Waals surface area contributed by atoms with Crippen molar-refractivity contribution in [3.05, 3.63) is 24.3 Å². The number of aromatic amines is 1. The molecule has 0 unspecified atom stereocenters. The van der Waals surface area contributed by atoms with Gasteiger partial charge in [0.1, 0.15) is 5.75 Å². The van der Waals surface area contributed by atoms with E-state index in [0.29, 0.717) is 6.10 Å². The third kappa shape index (κ3) is 3.13. The normalized spacial score (nSPS) is 18.4. The SMILES string of the molecule is COc1ccc(-c2nc(SC[C@H]3CCCO3)n[nH]2)cc1. The molecule has 3 rings (SSSR count). The molecule has 1 aromatic heterocycles. The van der Waals surface area contributed by atoms with Gasteiger partial charge in [-0.2, -0.15) is 0 Å². The zero-order chi connectivity index (χ0) is 13.8. The van der Waals surface area contributed by atoms with Crippen LogP contribution in [0, 0.1) is 0 Å². The maximum Gasteiger partial charge on any atom is 0.208 e. The van der Waals surface area contributed by atoms with Crippen LogP contribution in [0.2, 0.25) is 0 Å². The van der Waals surface area contributed by atoms with Crippen LogP contribution in [0.5, 0.6) is 5.75 Å². The minimum atomic E-state index is 0.350. The first-order valence-electron chi connectivity index (χ1n) is 6.66. The molecular formula is C14H17N3O2S. The molecule has 106 valence electrons. The molecule has 0 radical (unpaired) electrons. The van der Waals surface area contributed by atoms with Crippen molar-refractivity contribution in [3.63, 3.8) is 0 Å². The van der Waals surface area contributed by atoms with Crippen LogP contribution in [0.1, 0.15) is 12.8 Å². The molecule has 1 atom stereocenters. The predicted octanol–water partition coefficient (Wildman–Crippen LogP) is 2.75. The quantitative estimate of drug-likeness (QED) is 0.858. The second-order valence-electron chi connectivity index (χ2n) is 4.64. The molecule has 5 nitrogen and oxygen atoms in total. The lowest BCUT2D eigenvalue weighted by atomic mass is 10.2. The monoisotopic (exact) mass is 291 g/mol. The van der Waals surface area contributed by atoms with E-state index in [-0.39, 0.29) is 0 Å². The van der Waals surface area contributed by atoms with Crippen LogP contribution in [-0.4, -0.2) is 40.8 Å². The van der Waals surface area contributed by atoms with Gasteiger partial charge in [0.15, 0.2) is 5.82 Å². The molecular weight excluding hydrogens is 274 g/mol. The molecule has 1 N–H and O–H groups in total. The molecule has 0 amide bonds. The standard InChI is InChI=1S/C14H17N3O2S/c1-18-11-6-4-10(5-7-11)13-15-14(17-16-13)20-9-12-3-2-8-19-12/h4-7,12H,2-3,8-9H2,1H3,(H,15,16,17)/t12-/m1/s1. The number of nitrogens with one attached hydrogen (secondary N) is 1. The number of aromatic nitrogens is 3. The minimum absolute atomic E-state index is 0.350. The third-order valence-corrected chi connectivity index (χ3v) is 4.23. The Balaban J connectivity index is 1.62. The van der Waals surface area contributed by atoms with Crippen LogP contribution in [0.25, 0.3) is 11.4 Å². The van der Waals surface area contributed by atoms with Gasteiger partial charge in [-0.1, -0.05) is 11.8 Å². The van der Waals surface area contributed by atoms with Crippen molar-refractivity contribution in [2.45, 2.75) is 24.1 Å². The van der Waals surface area contributed by atoms with E-state index in [1.54, 1.807) is 18.9 Å².